The molecule has 0 amide bonds. The van der Waals surface area contributed by atoms with Crippen molar-refractivity contribution in [3.63, 3.8) is 0 Å². The Bertz CT molecular complexity index is 176. The summed E-state index contributed by atoms with van der Waals surface area (Å²) in [6, 6.07) is 0.890. The summed E-state index contributed by atoms with van der Waals surface area (Å²) in [6.45, 7) is 5.89. The molecule has 2 bridgehead atoms. The van der Waals surface area contributed by atoms with Gasteiger partial charge in [-0.3, -0.25) is 0 Å². The summed E-state index contributed by atoms with van der Waals surface area (Å²) in [5.41, 5.74) is 0. The molecule has 1 nitrogen and oxygen atoms in total. The van der Waals surface area contributed by atoms with E-state index in [-0.39, 0.29) is 0 Å². The van der Waals surface area contributed by atoms with Crippen molar-refractivity contribution in [1.29, 1.82) is 0 Å². The van der Waals surface area contributed by atoms with Crippen LogP contribution in [0.3, 0.4) is 0 Å². The Morgan fingerprint density at radius 2 is 2.07 bits per heavy atom. The molecule has 2 rings (SSSR count). The lowest BCUT2D eigenvalue weighted by molar-refractivity contribution is 0.346. The molecule has 1 unspecified atom stereocenters. The molecule has 2 aliphatic rings. The average molecular weight is 195 g/mol. The fourth-order valence-corrected chi connectivity index (χ4v) is 3.29. The fraction of sp³-hybridized carbons (Fsp3) is 1.00. The molecule has 0 aromatic rings. The molecule has 0 radical (unpaired) electrons. The Balaban J connectivity index is 1.58. The summed E-state index contributed by atoms with van der Waals surface area (Å²) >= 11 is 0. The van der Waals surface area contributed by atoms with E-state index in [1.165, 1.54) is 45.1 Å². The normalized spacial score (nSPS) is 35.8. The molecule has 14 heavy (non-hydrogen) atoms. The number of hydrogen-bond acceptors (Lipinski definition) is 1. The molecular formula is C13H25N. The second-order valence-corrected chi connectivity index (χ2v) is 5.77. The molecular weight excluding hydrogens is 170 g/mol. The standard InChI is InChI=1S/C13H25N/c1-10(2)4-3-7-14-13-9-11-5-6-12(13)8-11/h10-14H,3-9H2,1-2H3/t11-,12+,13?/m1/s1. The van der Waals surface area contributed by atoms with Crippen molar-refractivity contribution in [2.45, 2.75) is 58.4 Å². The van der Waals surface area contributed by atoms with Gasteiger partial charge in [0.05, 0.1) is 0 Å². The third-order valence-electron chi connectivity index (χ3n) is 4.10. The van der Waals surface area contributed by atoms with E-state index in [9.17, 15) is 0 Å². The van der Waals surface area contributed by atoms with E-state index in [2.05, 4.69) is 19.2 Å². The Kier molecular flexibility index (Phi) is 3.48. The lowest BCUT2D eigenvalue weighted by Crippen LogP contribution is -2.34. The Hall–Kier alpha value is -0.0400. The fourth-order valence-electron chi connectivity index (χ4n) is 3.29. The van der Waals surface area contributed by atoms with Gasteiger partial charge in [0.2, 0.25) is 0 Å². The van der Waals surface area contributed by atoms with Gasteiger partial charge in [-0.2, -0.15) is 0 Å². The molecule has 0 saturated heterocycles. The van der Waals surface area contributed by atoms with Crippen LogP contribution in [-0.2, 0) is 0 Å². The van der Waals surface area contributed by atoms with Crippen LogP contribution < -0.4 is 5.32 Å². The highest BCUT2D eigenvalue weighted by molar-refractivity contribution is 4.93. The molecule has 0 spiro atoms. The smallest absolute Gasteiger partial charge is 0.00980 e. The van der Waals surface area contributed by atoms with Gasteiger partial charge < -0.3 is 5.32 Å². The molecule has 82 valence electrons. The van der Waals surface area contributed by atoms with Crippen LogP contribution in [-0.4, -0.2) is 12.6 Å². The van der Waals surface area contributed by atoms with E-state index in [4.69, 9.17) is 0 Å². The minimum atomic E-state index is 0.872. The van der Waals surface area contributed by atoms with E-state index in [1.54, 1.807) is 0 Å². The van der Waals surface area contributed by atoms with E-state index in [1.807, 2.05) is 0 Å². The molecule has 0 heterocycles. The summed E-state index contributed by atoms with van der Waals surface area (Å²) in [6.07, 6.45) is 8.79. The van der Waals surface area contributed by atoms with Crippen molar-refractivity contribution in [2.24, 2.45) is 17.8 Å². The average Bonchev–Trinajstić information content (AvgIpc) is 2.73. The highest BCUT2D eigenvalue weighted by Gasteiger charge is 2.38. The van der Waals surface area contributed by atoms with Crippen molar-refractivity contribution >= 4 is 0 Å². The van der Waals surface area contributed by atoms with Gasteiger partial charge in [0, 0.05) is 6.04 Å². The van der Waals surface area contributed by atoms with Gasteiger partial charge in [-0.05, 0) is 56.4 Å². The monoisotopic (exact) mass is 195 g/mol. The first-order chi connectivity index (χ1) is 6.75. The maximum atomic E-state index is 3.77. The van der Waals surface area contributed by atoms with Crippen LogP contribution in [0.25, 0.3) is 0 Å². The van der Waals surface area contributed by atoms with Crippen LogP contribution in [0.2, 0.25) is 0 Å². The quantitative estimate of drug-likeness (QED) is 0.664. The second-order valence-electron chi connectivity index (χ2n) is 5.77. The Morgan fingerprint density at radius 3 is 2.64 bits per heavy atom. The van der Waals surface area contributed by atoms with Gasteiger partial charge >= 0.3 is 0 Å². The molecule has 0 aliphatic heterocycles. The molecule has 3 atom stereocenters. The summed E-state index contributed by atoms with van der Waals surface area (Å²) in [7, 11) is 0. The first-order valence-corrected chi connectivity index (χ1v) is 6.49. The number of rotatable bonds is 5. The van der Waals surface area contributed by atoms with E-state index in [0.29, 0.717) is 0 Å². The zero-order chi connectivity index (χ0) is 9.97. The maximum absolute atomic E-state index is 3.77. The van der Waals surface area contributed by atoms with Gasteiger partial charge in [0.25, 0.3) is 0 Å². The second kappa shape index (κ2) is 4.65. The topological polar surface area (TPSA) is 12.0 Å². The van der Waals surface area contributed by atoms with E-state index < -0.39 is 0 Å². The van der Waals surface area contributed by atoms with E-state index in [0.717, 1.165) is 23.8 Å². The predicted octanol–water partition coefficient (Wildman–Crippen LogP) is 3.20. The zero-order valence-corrected chi connectivity index (χ0v) is 9.76. The highest BCUT2D eigenvalue weighted by atomic mass is 14.9. The van der Waals surface area contributed by atoms with Gasteiger partial charge in [-0.1, -0.05) is 20.3 Å². The van der Waals surface area contributed by atoms with Gasteiger partial charge in [0.15, 0.2) is 0 Å². The molecule has 0 aromatic heterocycles. The van der Waals surface area contributed by atoms with Crippen molar-refractivity contribution in [3.05, 3.63) is 0 Å². The summed E-state index contributed by atoms with van der Waals surface area (Å²) in [5.74, 6) is 3.00. The third-order valence-corrected chi connectivity index (χ3v) is 4.10. The molecule has 0 aromatic carbocycles. The number of fused-ring (bicyclic) bond motifs is 2. The molecule has 2 fully saturated rings. The van der Waals surface area contributed by atoms with E-state index >= 15 is 0 Å². The predicted molar refractivity (Wildman–Crippen MR) is 61.3 cm³/mol. The molecule has 1 heteroatoms. The lowest BCUT2D eigenvalue weighted by atomic mass is 9.95. The largest absolute Gasteiger partial charge is 0.314 e. The van der Waals surface area contributed by atoms with Crippen LogP contribution in [0, 0.1) is 17.8 Å². The van der Waals surface area contributed by atoms with Crippen molar-refractivity contribution < 1.29 is 0 Å². The van der Waals surface area contributed by atoms with Crippen LogP contribution >= 0.6 is 0 Å². The van der Waals surface area contributed by atoms with Crippen molar-refractivity contribution in [2.75, 3.05) is 6.54 Å². The Labute approximate surface area is 88.7 Å². The SMILES string of the molecule is CC(C)CCCNC1C[C@@H]2CC[C@H]1C2. The van der Waals surface area contributed by atoms with Crippen LogP contribution in [0.4, 0.5) is 0 Å². The Morgan fingerprint density at radius 1 is 1.21 bits per heavy atom. The minimum absolute atomic E-state index is 0.872. The molecule has 2 saturated carbocycles. The summed E-state index contributed by atoms with van der Waals surface area (Å²) in [5, 5.41) is 3.77. The first-order valence-electron chi connectivity index (χ1n) is 6.49. The summed E-state index contributed by atoms with van der Waals surface area (Å²) in [4.78, 5) is 0. The maximum Gasteiger partial charge on any atom is 0.00980 e. The number of hydrogen-bond donors (Lipinski definition) is 1. The highest BCUT2D eigenvalue weighted by Crippen LogP contribution is 2.44. The number of nitrogens with one attached hydrogen (secondary N) is 1. The van der Waals surface area contributed by atoms with Crippen LogP contribution in [0.1, 0.15) is 52.4 Å². The molecule has 2 aliphatic carbocycles. The van der Waals surface area contributed by atoms with Crippen molar-refractivity contribution in [1.82, 2.24) is 5.32 Å². The minimum Gasteiger partial charge on any atom is -0.314 e. The van der Waals surface area contributed by atoms with Gasteiger partial charge in [0.1, 0.15) is 0 Å². The van der Waals surface area contributed by atoms with Crippen molar-refractivity contribution in [3.8, 4) is 0 Å². The van der Waals surface area contributed by atoms with Crippen LogP contribution in [0.5, 0.6) is 0 Å². The summed E-state index contributed by atoms with van der Waals surface area (Å²) < 4.78 is 0. The zero-order valence-electron chi connectivity index (χ0n) is 9.76. The lowest BCUT2D eigenvalue weighted by Gasteiger charge is -2.23. The van der Waals surface area contributed by atoms with Gasteiger partial charge in [-0.15, -0.1) is 0 Å². The first kappa shape index (κ1) is 10.5. The van der Waals surface area contributed by atoms with Gasteiger partial charge in [-0.25, -0.2) is 0 Å². The van der Waals surface area contributed by atoms with Crippen LogP contribution in [0.15, 0.2) is 0 Å². The molecule has 1 N–H and O–H groups in total. The third kappa shape index (κ3) is 2.50.